The minimum Gasteiger partial charge on any atom is -0.491 e. The highest BCUT2D eigenvalue weighted by Crippen LogP contribution is 2.15. The SMILES string of the molecule is CC(=O)CCc1ccc(OCC(O)Cn2ncc(Cl)c2C)cc1. The van der Waals surface area contributed by atoms with Crippen LogP contribution in [0.3, 0.4) is 0 Å². The van der Waals surface area contributed by atoms with Crippen molar-refractivity contribution in [1.29, 1.82) is 0 Å². The van der Waals surface area contributed by atoms with Crippen LogP contribution in [0.15, 0.2) is 30.5 Å². The summed E-state index contributed by atoms with van der Waals surface area (Å²) in [6.07, 6.45) is 2.16. The molecular formula is C17H21ClN2O3. The first-order valence-corrected chi connectivity index (χ1v) is 7.90. The first-order chi connectivity index (χ1) is 11.0. The molecule has 0 saturated carbocycles. The highest BCUT2D eigenvalue weighted by Gasteiger charge is 2.11. The zero-order chi connectivity index (χ0) is 16.8. The maximum atomic E-state index is 11.0. The Balaban J connectivity index is 1.80. The minimum atomic E-state index is -0.679. The number of aromatic nitrogens is 2. The molecule has 0 aliphatic heterocycles. The molecule has 2 rings (SSSR count). The molecule has 6 heteroatoms. The molecule has 0 bridgehead atoms. The van der Waals surface area contributed by atoms with Crippen LogP contribution in [0.4, 0.5) is 0 Å². The van der Waals surface area contributed by atoms with E-state index >= 15 is 0 Å². The van der Waals surface area contributed by atoms with Crippen molar-refractivity contribution < 1.29 is 14.6 Å². The lowest BCUT2D eigenvalue weighted by Crippen LogP contribution is -2.24. The third kappa shape index (κ3) is 5.37. The van der Waals surface area contributed by atoms with E-state index in [4.69, 9.17) is 16.3 Å². The van der Waals surface area contributed by atoms with Gasteiger partial charge in [0.05, 0.1) is 23.5 Å². The van der Waals surface area contributed by atoms with Crippen LogP contribution in [0.5, 0.6) is 5.75 Å². The van der Waals surface area contributed by atoms with Crippen LogP contribution in [-0.2, 0) is 17.8 Å². The maximum absolute atomic E-state index is 11.0. The molecule has 0 radical (unpaired) electrons. The van der Waals surface area contributed by atoms with Crippen molar-refractivity contribution >= 4 is 17.4 Å². The van der Waals surface area contributed by atoms with Gasteiger partial charge >= 0.3 is 0 Å². The lowest BCUT2D eigenvalue weighted by molar-refractivity contribution is -0.116. The summed E-state index contributed by atoms with van der Waals surface area (Å²) < 4.78 is 7.23. The van der Waals surface area contributed by atoms with Crippen LogP contribution in [0, 0.1) is 6.92 Å². The van der Waals surface area contributed by atoms with Gasteiger partial charge in [0.1, 0.15) is 24.2 Å². The van der Waals surface area contributed by atoms with Gasteiger partial charge in [0.2, 0.25) is 0 Å². The summed E-state index contributed by atoms with van der Waals surface area (Å²) in [6, 6.07) is 7.56. The second-order valence-corrected chi connectivity index (χ2v) is 5.98. The molecule has 2 aromatic rings. The molecule has 23 heavy (non-hydrogen) atoms. The Morgan fingerprint density at radius 1 is 1.39 bits per heavy atom. The molecule has 1 heterocycles. The van der Waals surface area contributed by atoms with E-state index in [2.05, 4.69) is 5.10 Å². The predicted octanol–water partition coefficient (Wildman–Crippen LogP) is 2.81. The van der Waals surface area contributed by atoms with Gasteiger partial charge in [-0.05, 0) is 38.0 Å². The monoisotopic (exact) mass is 336 g/mol. The second-order valence-electron chi connectivity index (χ2n) is 5.57. The third-order valence-corrected chi connectivity index (χ3v) is 3.93. The fourth-order valence-corrected chi connectivity index (χ4v) is 2.27. The molecule has 0 aliphatic rings. The van der Waals surface area contributed by atoms with Crippen molar-refractivity contribution in [2.24, 2.45) is 0 Å². The molecule has 1 N–H and O–H groups in total. The third-order valence-electron chi connectivity index (χ3n) is 3.56. The van der Waals surface area contributed by atoms with E-state index in [-0.39, 0.29) is 12.4 Å². The van der Waals surface area contributed by atoms with Gasteiger partial charge in [-0.15, -0.1) is 0 Å². The Kier molecular flexibility index (Phi) is 6.19. The van der Waals surface area contributed by atoms with Crippen LogP contribution < -0.4 is 4.74 Å². The highest BCUT2D eigenvalue weighted by atomic mass is 35.5. The minimum absolute atomic E-state index is 0.170. The first-order valence-electron chi connectivity index (χ1n) is 7.53. The number of aliphatic hydroxyl groups is 1. The standard InChI is InChI=1S/C17H21ClN2O3/c1-12(21)3-4-14-5-7-16(8-6-14)23-11-15(22)10-20-13(2)17(18)9-19-20/h5-9,15,22H,3-4,10-11H2,1-2H3. The average molecular weight is 337 g/mol. The molecule has 0 aliphatic carbocycles. The lowest BCUT2D eigenvalue weighted by Gasteiger charge is -2.14. The van der Waals surface area contributed by atoms with Crippen LogP contribution >= 0.6 is 11.6 Å². The summed E-state index contributed by atoms with van der Waals surface area (Å²) in [4.78, 5) is 11.0. The van der Waals surface area contributed by atoms with Gasteiger partial charge < -0.3 is 14.6 Å². The molecule has 5 nitrogen and oxygen atoms in total. The number of hydrogen-bond acceptors (Lipinski definition) is 4. The molecule has 0 fully saturated rings. The Hall–Kier alpha value is -1.85. The quantitative estimate of drug-likeness (QED) is 0.805. The van der Waals surface area contributed by atoms with Crippen LogP contribution in [0.25, 0.3) is 0 Å². The number of aryl methyl sites for hydroxylation is 1. The zero-order valence-corrected chi connectivity index (χ0v) is 14.1. The number of halogens is 1. The number of carbonyl (C=O) groups excluding carboxylic acids is 1. The van der Waals surface area contributed by atoms with E-state index in [0.29, 0.717) is 23.7 Å². The number of aliphatic hydroxyl groups excluding tert-OH is 1. The molecule has 1 unspecified atom stereocenters. The van der Waals surface area contributed by atoms with E-state index in [0.717, 1.165) is 17.7 Å². The summed E-state index contributed by atoms with van der Waals surface area (Å²) in [5, 5.41) is 14.7. The number of Topliss-reactive ketones (excluding diaryl/α,β-unsaturated/α-hetero) is 1. The van der Waals surface area contributed by atoms with Crippen LogP contribution in [-0.4, -0.2) is 33.4 Å². The summed E-state index contributed by atoms with van der Waals surface area (Å²) >= 11 is 5.93. The van der Waals surface area contributed by atoms with Crippen molar-refractivity contribution in [2.75, 3.05) is 6.61 Å². The fraction of sp³-hybridized carbons (Fsp3) is 0.412. The molecule has 1 aromatic heterocycles. The predicted molar refractivity (Wildman–Crippen MR) is 88.9 cm³/mol. The number of carbonyl (C=O) groups is 1. The van der Waals surface area contributed by atoms with Crippen molar-refractivity contribution in [1.82, 2.24) is 9.78 Å². The van der Waals surface area contributed by atoms with E-state index in [9.17, 15) is 9.90 Å². The van der Waals surface area contributed by atoms with E-state index in [1.165, 1.54) is 0 Å². The molecule has 0 amide bonds. The number of rotatable bonds is 8. The average Bonchev–Trinajstić information content (AvgIpc) is 2.84. The number of ketones is 1. The topological polar surface area (TPSA) is 64.3 Å². The summed E-state index contributed by atoms with van der Waals surface area (Å²) in [7, 11) is 0. The van der Waals surface area contributed by atoms with Gasteiger partial charge in [-0.2, -0.15) is 5.10 Å². The molecule has 1 aromatic carbocycles. The smallest absolute Gasteiger partial charge is 0.130 e. The number of benzene rings is 1. The number of nitrogens with zero attached hydrogens (tertiary/aromatic N) is 2. The molecule has 124 valence electrons. The Morgan fingerprint density at radius 2 is 2.09 bits per heavy atom. The second kappa shape index (κ2) is 8.13. The van der Waals surface area contributed by atoms with E-state index in [1.54, 1.807) is 17.8 Å². The normalized spacial score (nSPS) is 12.2. The zero-order valence-electron chi connectivity index (χ0n) is 13.3. The largest absolute Gasteiger partial charge is 0.491 e. The van der Waals surface area contributed by atoms with Gasteiger partial charge in [0, 0.05) is 6.42 Å². The Labute approximate surface area is 140 Å². The van der Waals surface area contributed by atoms with Gasteiger partial charge in [-0.3, -0.25) is 4.68 Å². The molecular weight excluding hydrogens is 316 g/mol. The Morgan fingerprint density at radius 3 is 2.65 bits per heavy atom. The van der Waals surface area contributed by atoms with Crippen molar-refractivity contribution in [3.8, 4) is 5.75 Å². The highest BCUT2D eigenvalue weighted by molar-refractivity contribution is 6.31. The summed E-state index contributed by atoms with van der Waals surface area (Å²) in [5.74, 6) is 0.869. The Bertz CT molecular complexity index is 652. The lowest BCUT2D eigenvalue weighted by atomic mass is 10.1. The number of ether oxygens (including phenoxy) is 1. The molecule has 1 atom stereocenters. The fourth-order valence-electron chi connectivity index (χ4n) is 2.13. The van der Waals surface area contributed by atoms with Crippen LogP contribution in [0.2, 0.25) is 5.02 Å². The number of hydrogen-bond donors (Lipinski definition) is 1. The summed E-state index contributed by atoms with van der Waals surface area (Å²) in [5.41, 5.74) is 1.91. The molecule has 0 saturated heterocycles. The van der Waals surface area contributed by atoms with Gasteiger partial charge in [0.15, 0.2) is 0 Å². The first kappa shape index (κ1) is 17.5. The van der Waals surface area contributed by atoms with E-state index < -0.39 is 6.10 Å². The van der Waals surface area contributed by atoms with Crippen LogP contribution in [0.1, 0.15) is 24.6 Å². The van der Waals surface area contributed by atoms with Crippen molar-refractivity contribution in [3.63, 3.8) is 0 Å². The van der Waals surface area contributed by atoms with Gasteiger partial charge in [0.25, 0.3) is 0 Å². The van der Waals surface area contributed by atoms with Crippen molar-refractivity contribution in [3.05, 3.63) is 46.7 Å². The maximum Gasteiger partial charge on any atom is 0.130 e. The van der Waals surface area contributed by atoms with E-state index in [1.807, 2.05) is 31.2 Å². The summed E-state index contributed by atoms with van der Waals surface area (Å²) in [6.45, 7) is 3.94. The van der Waals surface area contributed by atoms with Gasteiger partial charge in [-0.25, -0.2) is 0 Å². The molecule has 0 spiro atoms. The van der Waals surface area contributed by atoms with Gasteiger partial charge in [-0.1, -0.05) is 23.7 Å². The van der Waals surface area contributed by atoms with Crippen molar-refractivity contribution in [2.45, 2.75) is 39.3 Å².